The molecule has 1 aromatic heterocycles. The van der Waals surface area contributed by atoms with Crippen LogP contribution in [0.1, 0.15) is 0 Å². The normalized spacial score (nSPS) is 10.8. The lowest BCUT2D eigenvalue weighted by molar-refractivity contribution is 0.377. The molecule has 6 heteroatoms. The highest BCUT2D eigenvalue weighted by molar-refractivity contribution is 7.83. The molecular formula is C10H5F3OS2. The van der Waals surface area contributed by atoms with Crippen molar-refractivity contribution in [1.29, 1.82) is 0 Å². The summed E-state index contributed by atoms with van der Waals surface area (Å²) in [5.74, 6) is -5.34. The summed E-state index contributed by atoms with van der Waals surface area (Å²) in [6.45, 7) is 0. The van der Waals surface area contributed by atoms with Gasteiger partial charge in [0.05, 0.1) is 4.21 Å². The molecule has 0 amide bonds. The maximum Gasteiger partial charge on any atom is 0.203 e. The van der Waals surface area contributed by atoms with Crippen LogP contribution in [0.4, 0.5) is 13.2 Å². The van der Waals surface area contributed by atoms with E-state index in [4.69, 9.17) is 5.11 Å². The topological polar surface area (TPSA) is 20.2 Å². The first-order valence-corrected chi connectivity index (χ1v) is 5.42. The van der Waals surface area contributed by atoms with Gasteiger partial charge in [0.1, 0.15) is 0 Å². The van der Waals surface area contributed by atoms with Gasteiger partial charge in [-0.3, -0.25) is 0 Å². The van der Waals surface area contributed by atoms with Gasteiger partial charge in [-0.25, -0.2) is 8.78 Å². The monoisotopic (exact) mass is 262 g/mol. The summed E-state index contributed by atoms with van der Waals surface area (Å²) >= 11 is 5.13. The highest BCUT2D eigenvalue weighted by Gasteiger charge is 2.19. The van der Waals surface area contributed by atoms with E-state index in [9.17, 15) is 13.2 Å². The maximum atomic E-state index is 13.5. The van der Waals surface area contributed by atoms with E-state index in [0.717, 1.165) is 11.3 Å². The number of aromatic hydroxyl groups is 1. The molecule has 2 aromatic rings. The van der Waals surface area contributed by atoms with Crippen LogP contribution in [0.15, 0.2) is 22.4 Å². The minimum Gasteiger partial charge on any atom is -0.503 e. The number of benzene rings is 1. The molecule has 0 spiro atoms. The van der Waals surface area contributed by atoms with Gasteiger partial charge in [-0.15, -0.1) is 24.0 Å². The van der Waals surface area contributed by atoms with Crippen molar-refractivity contribution in [3.63, 3.8) is 0 Å². The Morgan fingerprint density at radius 1 is 1.12 bits per heavy atom. The number of thiophene rings is 1. The van der Waals surface area contributed by atoms with Crippen molar-refractivity contribution in [2.24, 2.45) is 0 Å². The Balaban J connectivity index is 2.66. The van der Waals surface area contributed by atoms with Gasteiger partial charge in [0.25, 0.3) is 0 Å². The van der Waals surface area contributed by atoms with Crippen molar-refractivity contribution in [3.8, 4) is 16.2 Å². The highest BCUT2D eigenvalue weighted by Crippen LogP contribution is 2.36. The number of phenols is 1. The first kappa shape index (κ1) is 11.3. The summed E-state index contributed by atoms with van der Waals surface area (Å²) in [5.41, 5.74) is -0.179. The van der Waals surface area contributed by atoms with Gasteiger partial charge in [0.2, 0.25) is 5.82 Å². The molecule has 0 fully saturated rings. The maximum absolute atomic E-state index is 13.5. The average Bonchev–Trinajstić information content (AvgIpc) is 2.67. The summed E-state index contributed by atoms with van der Waals surface area (Å²) in [7, 11) is 0. The Morgan fingerprint density at radius 2 is 1.81 bits per heavy atom. The predicted molar refractivity (Wildman–Crippen MR) is 58.5 cm³/mol. The zero-order valence-electron chi connectivity index (χ0n) is 7.67. The lowest BCUT2D eigenvalue weighted by Gasteiger charge is -2.04. The van der Waals surface area contributed by atoms with Crippen LogP contribution in [0.25, 0.3) is 10.4 Å². The van der Waals surface area contributed by atoms with Crippen molar-refractivity contribution in [2.75, 3.05) is 0 Å². The summed E-state index contributed by atoms with van der Waals surface area (Å²) in [4.78, 5) is 0.372. The van der Waals surface area contributed by atoms with Crippen molar-refractivity contribution in [2.45, 2.75) is 4.21 Å². The Kier molecular flexibility index (Phi) is 2.86. The van der Waals surface area contributed by atoms with E-state index in [0.29, 0.717) is 15.2 Å². The zero-order chi connectivity index (χ0) is 11.9. The molecule has 1 heterocycles. The molecule has 1 nitrogen and oxygen atoms in total. The molecule has 0 saturated carbocycles. The summed E-state index contributed by atoms with van der Waals surface area (Å²) in [5, 5.41) is 9.03. The molecule has 84 valence electrons. The van der Waals surface area contributed by atoms with Crippen molar-refractivity contribution in [1.82, 2.24) is 0 Å². The van der Waals surface area contributed by atoms with Crippen LogP contribution in [0, 0.1) is 17.5 Å². The first-order chi connectivity index (χ1) is 7.50. The lowest BCUT2D eigenvalue weighted by atomic mass is 10.1. The molecule has 0 aliphatic heterocycles. The number of hydrogen-bond donors (Lipinski definition) is 2. The van der Waals surface area contributed by atoms with Crippen LogP contribution in [-0.2, 0) is 0 Å². The fourth-order valence-corrected chi connectivity index (χ4v) is 2.37. The minimum absolute atomic E-state index is 0.179. The number of hydrogen-bond acceptors (Lipinski definition) is 3. The van der Waals surface area contributed by atoms with Crippen LogP contribution in [0.3, 0.4) is 0 Å². The minimum atomic E-state index is -1.58. The predicted octanol–water partition coefficient (Wildman–Crippen LogP) is 3.83. The molecule has 0 bridgehead atoms. The van der Waals surface area contributed by atoms with Gasteiger partial charge in [0.15, 0.2) is 17.4 Å². The molecule has 1 N–H and O–H groups in total. The number of rotatable bonds is 1. The Bertz CT molecular complexity index is 551. The summed E-state index contributed by atoms with van der Waals surface area (Å²) in [6, 6.07) is 3.83. The van der Waals surface area contributed by atoms with E-state index in [1.807, 2.05) is 0 Å². The van der Waals surface area contributed by atoms with Gasteiger partial charge in [0, 0.05) is 10.4 Å². The molecule has 2 rings (SSSR count). The van der Waals surface area contributed by atoms with Crippen LogP contribution < -0.4 is 0 Å². The Labute approximate surface area is 98.6 Å². The van der Waals surface area contributed by atoms with Gasteiger partial charge in [-0.1, -0.05) is 0 Å². The standard InChI is InChI=1S/C10H5F3OS2/c11-5-3-4(6-1-2-7(15)16-6)8(12)10(14)9(5)13/h1-3,14-15H. The number of halogens is 3. The molecular weight excluding hydrogens is 257 g/mol. The van der Waals surface area contributed by atoms with E-state index in [1.165, 1.54) is 6.07 Å². The largest absolute Gasteiger partial charge is 0.503 e. The Hall–Kier alpha value is -1.14. The van der Waals surface area contributed by atoms with Gasteiger partial charge >= 0.3 is 0 Å². The summed E-state index contributed by atoms with van der Waals surface area (Å²) in [6.07, 6.45) is 0. The molecule has 0 atom stereocenters. The van der Waals surface area contributed by atoms with E-state index >= 15 is 0 Å². The lowest BCUT2D eigenvalue weighted by Crippen LogP contribution is -1.92. The second-order valence-corrected chi connectivity index (χ2v) is 4.89. The second-order valence-electron chi connectivity index (χ2n) is 3.02. The average molecular weight is 262 g/mol. The Morgan fingerprint density at radius 3 is 2.38 bits per heavy atom. The molecule has 16 heavy (non-hydrogen) atoms. The molecule has 0 aliphatic rings. The van der Waals surface area contributed by atoms with E-state index in [-0.39, 0.29) is 5.56 Å². The smallest absolute Gasteiger partial charge is 0.203 e. The number of phenolic OH excluding ortho intramolecular Hbond substituents is 1. The third-order valence-corrected chi connectivity index (χ3v) is 3.33. The fraction of sp³-hybridized carbons (Fsp3) is 0. The van der Waals surface area contributed by atoms with Crippen LogP contribution in [-0.4, -0.2) is 5.11 Å². The molecule has 0 aliphatic carbocycles. The molecule has 0 radical (unpaired) electrons. The van der Waals surface area contributed by atoms with E-state index in [1.54, 1.807) is 6.07 Å². The quantitative estimate of drug-likeness (QED) is 0.591. The SMILES string of the molecule is Oc1c(F)c(F)cc(-c2ccc(S)s2)c1F. The van der Waals surface area contributed by atoms with E-state index < -0.39 is 23.2 Å². The second kappa shape index (κ2) is 4.03. The van der Waals surface area contributed by atoms with Gasteiger partial charge in [-0.05, 0) is 18.2 Å². The van der Waals surface area contributed by atoms with Crippen molar-refractivity contribution < 1.29 is 18.3 Å². The van der Waals surface area contributed by atoms with Crippen molar-refractivity contribution in [3.05, 3.63) is 35.7 Å². The molecule has 1 aromatic carbocycles. The third kappa shape index (κ3) is 1.78. The number of thiol groups is 1. The van der Waals surface area contributed by atoms with Gasteiger partial charge in [-0.2, -0.15) is 4.39 Å². The highest BCUT2D eigenvalue weighted by atomic mass is 32.2. The third-order valence-electron chi connectivity index (χ3n) is 1.99. The fourth-order valence-electron chi connectivity index (χ4n) is 1.24. The summed E-state index contributed by atoms with van der Waals surface area (Å²) < 4.78 is 39.9. The molecule has 0 saturated heterocycles. The molecule has 0 unspecified atom stereocenters. The first-order valence-electron chi connectivity index (χ1n) is 4.16. The zero-order valence-corrected chi connectivity index (χ0v) is 9.38. The van der Waals surface area contributed by atoms with Gasteiger partial charge < -0.3 is 5.11 Å². The van der Waals surface area contributed by atoms with Crippen LogP contribution in [0.5, 0.6) is 5.75 Å². The van der Waals surface area contributed by atoms with E-state index in [2.05, 4.69) is 12.6 Å². The van der Waals surface area contributed by atoms with Crippen LogP contribution in [0.2, 0.25) is 0 Å². The van der Waals surface area contributed by atoms with Crippen molar-refractivity contribution >= 4 is 24.0 Å². The van der Waals surface area contributed by atoms with Crippen LogP contribution >= 0.6 is 24.0 Å².